The Labute approximate surface area is 193 Å². The molecule has 1 heterocycles. The van der Waals surface area contributed by atoms with Gasteiger partial charge in [0.05, 0.1) is 12.0 Å². The van der Waals surface area contributed by atoms with Crippen molar-refractivity contribution >= 4 is 29.4 Å². The lowest BCUT2D eigenvalue weighted by atomic mass is 9.99. The Morgan fingerprint density at radius 1 is 1.06 bits per heavy atom. The van der Waals surface area contributed by atoms with E-state index in [-0.39, 0.29) is 24.8 Å². The lowest BCUT2D eigenvalue weighted by Crippen LogP contribution is -2.34. The van der Waals surface area contributed by atoms with Gasteiger partial charge in [0.15, 0.2) is 0 Å². The van der Waals surface area contributed by atoms with E-state index >= 15 is 0 Å². The van der Waals surface area contributed by atoms with Crippen molar-refractivity contribution in [2.24, 2.45) is 5.92 Å². The van der Waals surface area contributed by atoms with Crippen molar-refractivity contribution in [3.05, 3.63) is 82.9 Å². The molecule has 0 saturated heterocycles. The molecule has 0 fully saturated rings. The number of cyclic esters (lactones) is 1. The fourth-order valence-electron chi connectivity index (χ4n) is 3.41. The molecule has 0 bridgehead atoms. The van der Waals surface area contributed by atoms with Crippen LogP contribution in [0.1, 0.15) is 42.9 Å². The van der Waals surface area contributed by atoms with Gasteiger partial charge >= 0.3 is 5.97 Å². The van der Waals surface area contributed by atoms with Crippen molar-refractivity contribution < 1.29 is 19.1 Å². The van der Waals surface area contributed by atoms with E-state index in [1.165, 1.54) is 0 Å². The van der Waals surface area contributed by atoms with E-state index in [0.717, 1.165) is 11.1 Å². The number of carbonyl (C=O) groups excluding carboxylic acids is 3. The van der Waals surface area contributed by atoms with Crippen molar-refractivity contribution in [3.63, 3.8) is 0 Å². The third-order valence-electron chi connectivity index (χ3n) is 5.22. The SMILES string of the molecule is O=C(C[C@@H]1C/C=C/CCC(=O)NC(c2ccccc2)COC1=O)NCc1ccc(Cl)cc1. The van der Waals surface area contributed by atoms with Crippen LogP contribution in [0, 0.1) is 5.92 Å². The highest BCUT2D eigenvalue weighted by atomic mass is 35.5. The van der Waals surface area contributed by atoms with Gasteiger partial charge in [-0.1, -0.05) is 66.2 Å². The first-order chi connectivity index (χ1) is 15.5. The number of esters is 1. The van der Waals surface area contributed by atoms with Gasteiger partial charge in [0.25, 0.3) is 0 Å². The van der Waals surface area contributed by atoms with Crippen LogP contribution in [0.4, 0.5) is 0 Å². The molecule has 0 aromatic heterocycles. The summed E-state index contributed by atoms with van der Waals surface area (Å²) in [7, 11) is 0. The third kappa shape index (κ3) is 7.54. The summed E-state index contributed by atoms with van der Waals surface area (Å²) in [5, 5.41) is 6.41. The van der Waals surface area contributed by atoms with Gasteiger partial charge in [-0.05, 0) is 36.1 Å². The average Bonchev–Trinajstić information content (AvgIpc) is 2.80. The maximum absolute atomic E-state index is 12.8. The van der Waals surface area contributed by atoms with Crippen molar-refractivity contribution in [3.8, 4) is 0 Å². The van der Waals surface area contributed by atoms with Crippen LogP contribution in [0.15, 0.2) is 66.7 Å². The number of carbonyl (C=O) groups is 3. The van der Waals surface area contributed by atoms with E-state index in [4.69, 9.17) is 16.3 Å². The van der Waals surface area contributed by atoms with E-state index in [1.807, 2.05) is 54.6 Å². The van der Waals surface area contributed by atoms with Crippen LogP contribution in [-0.4, -0.2) is 24.4 Å². The van der Waals surface area contributed by atoms with Crippen LogP contribution in [0.5, 0.6) is 0 Å². The minimum atomic E-state index is -0.594. The van der Waals surface area contributed by atoms with Gasteiger partial charge in [-0.2, -0.15) is 0 Å². The number of ether oxygens (including phenoxy) is 1. The number of halogens is 1. The molecule has 32 heavy (non-hydrogen) atoms. The summed E-state index contributed by atoms with van der Waals surface area (Å²) in [5.41, 5.74) is 1.78. The Balaban J connectivity index is 1.62. The first-order valence-corrected chi connectivity index (χ1v) is 11.1. The largest absolute Gasteiger partial charge is 0.463 e. The highest BCUT2D eigenvalue weighted by Crippen LogP contribution is 2.18. The quantitative estimate of drug-likeness (QED) is 0.526. The fourth-order valence-corrected chi connectivity index (χ4v) is 3.54. The Hall–Kier alpha value is -3.12. The smallest absolute Gasteiger partial charge is 0.309 e. The van der Waals surface area contributed by atoms with Crippen LogP contribution < -0.4 is 10.6 Å². The summed E-state index contributed by atoms with van der Waals surface area (Å²) in [6.45, 7) is 0.372. The van der Waals surface area contributed by atoms with Crippen LogP contribution >= 0.6 is 11.6 Å². The van der Waals surface area contributed by atoms with Crippen molar-refractivity contribution in [2.45, 2.75) is 38.3 Å². The molecule has 6 nitrogen and oxygen atoms in total. The van der Waals surface area contributed by atoms with Gasteiger partial charge in [-0.15, -0.1) is 0 Å². The monoisotopic (exact) mass is 454 g/mol. The van der Waals surface area contributed by atoms with Crippen LogP contribution in [-0.2, 0) is 25.7 Å². The zero-order valence-corrected chi connectivity index (χ0v) is 18.5. The number of hydrogen-bond acceptors (Lipinski definition) is 4. The maximum Gasteiger partial charge on any atom is 0.309 e. The molecule has 1 aliphatic heterocycles. The Bertz CT molecular complexity index is 944. The van der Waals surface area contributed by atoms with E-state index in [0.29, 0.717) is 30.8 Å². The second-order valence-electron chi connectivity index (χ2n) is 7.71. The Morgan fingerprint density at radius 3 is 2.56 bits per heavy atom. The lowest BCUT2D eigenvalue weighted by molar-refractivity contribution is -0.151. The highest BCUT2D eigenvalue weighted by Gasteiger charge is 2.25. The molecule has 0 spiro atoms. The summed E-state index contributed by atoms with van der Waals surface area (Å²) in [6, 6.07) is 16.2. The van der Waals surface area contributed by atoms with Gasteiger partial charge in [-0.3, -0.25) is 14.4 Å². The molecule has 2 aromatic rings. The number of benzene rings is 2. The topological polar surface area (TPSA) is 84.5 Å². The van der Waals surface area contributed by atoms with E-state index in [1.54, 1.807) is 12.1 Å². The molecule has 2 atom stereocenters. The third-order valence-corrected chi connectivity index (χ3v) is 5.47. The second-order valence-corrected chi connectivity index (χ2v) is 8.15. The zero-order valence-electron chi connectivity index (χ0n) is 17.8. The molecule has 168 valence electrons. The first-order valence-electron chi connectivity index (χ1n) is 10.7. The molecule has 1 unspecified atom stereocenters. The molecule has 0 radical (unpaired) electrons. The van der Waals surface area contributed by atoms with Crippen LogP contribution in [0.3, 0.4) is 0 Å². The molecule has 3 rings (SSSR count). The standard InChI is InChI=1S/C25H27ClN2O4/c26-21-13-11-18(12-14-21)16-27-24(30)15-20-9-5-2-6-10-23(29)28-22(17-32-25(20)31)19-7-3-1-4-8-19/h1-5,7-8,11-14,20,22H,6,9-10,15-17H2,(H,27,30)(H,28,29)/b5-2+/t20-,22?/m0/s1. The maximum atomic E-state index is 12.8. The van der Waals surface area contributed by atoms with Gasteiger partial charge in [0.1, 0.15) is 6.61 Å². The summed E-state index contributed by atoms with van der Waals surface area (Å²) in [6.07, 6.45) is 5.02. The molecule has 2 N–H and O–H groups in total. The number of allylic oxidation sites excluding steroid dienone is 2. The predicted octanol–water partition coefficient (Wildman–Crippen LogP) is 4.10. The molecular weight excluding hydrogens is 428 g/mol. The lowest BCUT2D eigenvalue weighted by Gasteiger charge is -2.22. The summed E-state index contributed by atoms with van der Waals surface area (Å²) >= 11 is 5.88. The number of amides is 2. The molecule has 7 heteroatoms. The van der Waals surface area contributed by atoms with Crippen molar-refractivity contribution in [1.82, 2.24) is 10.6 Å². The van der Waals surface area contributed by atoms with E-state index < -0.39 is 17.9 Å². The fraction of sp³-hybridized carbons (Fsp3) is 0.320. The second kappa shape index (κ2) is 12.1. The molecular formula is C25H27ClN2O4. The summed E-state index contributed by atoms with van der Waals surface area (Å²) in [4.78, 5) is 37.5. The van der Waals surface area contributed by atoms with E-state index in [9.17, 15) is 14.4 Å². The number of rotatable bonds is 5. The van der Waals surface area contributed by atoms with E-state index in [2.05, 4.69) is 10.6 Å². The normalized spacial score (nSPS) is 20.8. The number of nitrogens with one attached hydrogen (secondary N) is 2. The average molecular weight is 455 g/mol. The van der Waals surface area contributed by atoms with Crippen LogP contribution in [0.2, 0.25) is 5.02 Å². The summed E-state index contributed by atoms with van der Waals surface area (Å²) in [5.74, 6) is -1.37. The van der Waals surface area contributed by atoms with Crippen molar-refractivity contribution in [1.29, 1.82) is 0 Å². The number of hydrogen-bond donors (Lipinski definition) is 2. The van der Waals surface area contributed by atoms with Gasteiger partial charge in [-0.25, -0.2) is 0 Å². The van der Waals surface area contributed by atoms with Crippen LogP contribution in [0.25, 0.3) is 0 Å². The van der Waals surface area contributed by atoms with Gasteiger partial charge in [0.2, 0.25) is 11.8 Å². The first kappa shape index (κ1) is 23.5. The summed E-state index contributed by atoms with van der Waals surface area (Å²) < 4.78 is 5.54. The van der Waals surface area contributed by atoms with Gasteiger partial charge in [0, 0.05) is 24.4 Å². The predicted molar refractivity (Wildman–Crippen MR) is 123 cm³/mol. The Morgan fingerprint density at radius 2 is 1.81 bits per heavy atom. The molecule has 2 amide bonds. The van der Waals surface area contributed by atoms with Gasteiger partial charge < -0.3 is 15.4 Å². The van der Waals surface area contributed by atoms with Crippen molar-refractivity contribution in [2.75, 3.05) is 6.61 Å². The molecule has 1 aliphatic rings. The molecule has 2 aromatic carbocycles. The molecule has 0 aliphatic carbocycles. The zero-order chi connectivity index (χ0) is 22.8. The highest BCUT2D eigenvalue weighted by molar-refractivity contribution is 6.30. The minimum absolute atomic E-state index is 0.0151. The minimum Gasteiger partial charge on any atom is -0.463 e. The Kier molecular flexibility index (Phi) is 8.87. The molecule has 0 saturated carbocycles.